The van der Waals surface area contributed by atoms with Gasteiger partial charge in [-0.05, 0) is 43.3 Å². The number of benzene rings is 2. The van der Waals surface area contributed by atoms with E-state index in [1.807, 2.05) is 13.0 Å². The van der Waals surface area contributed by atoms with E-state index in [1.165, 1.54) is 6.07 Å². The molecule has 2 aromatic carbocycles. The number of hydrogen-bond acceptors (Lipinski definition) is 2. The Labute approximate surface area is 130 Å². The van der Waals surface area contributed by atoms with Crippen molar-refractivity contribution in [2.24, 2.45) is 0 Å². The Hall–Kier alpha value is -1.88. The van der Waals surface area contributed by atoms with Crippen molar-refractivity contribution in [1.82, 2.24) is 0 Å². The maximum absolute atomic E-state index is 12.6. The molecule has 0 radical (unpaired) electrons. The van der Waals surface area contributed by atoms with E-state index in [9.17, 15) is 13.2 Å². The quantitative estimate of drug-likeness (QED) is 0.727. The second-order valence-corrected chi connectivity index (χ2v) is 5.55. The van der Waals surface area contributed by atoms with E-state index >= 15 is 0 Å². The van der Waals surface area contributed by atoms with Crippen LogP contribution in [0.2, 0.25) is 5.02 Å². The minimum atomic E-state index is -4.43. The van der Waals surface area contributed by atoms with Crippen molar-refractivity contribution in [3.05, 3.63) is 52.5 Å². The molecule has 0 spiro atoms. The molecule has 116 valence electrons. The van der Waals surface area contributed by atoms with Crippen LogP contribution in [0, 0.1) is 0 Å². The molecule has 6 heteroatoms. The predicted molar refractivity (Wildman–Crippen MR) is 76.8 cm³/mol. The monoisotopic (exact) mass is 328 g/mol. The van der Waals surface area contributed by atoms with Gasteiger partial charge in [0.1, 0.15) is 23.4 Å². The molecule has 1 aliphatic heterocycles. The highest BCUT2D eigenvalue weighted by atomic mass is 35.5. The summed E-state index contributed by atoms with van der Waals surface area (Å²) in [5.41, 5.74) is 0.203. The first kappa shape index (κ1) is 15.0. The first-order valence-corrected chi connectivity index (χ1v) is 7.05. The molecule has 0 aliphatic carbocycles. The summed E-state index contributed by atoms with van der Waals surface area (Å²) in [4.78, 5) is 0. The van der Waals surface area contributed by atoms with Gasteiger partial charge in [0.25, 0.3) is 0 Å². The Kier molecular flexibility index (Phi) is 3.68. The molecule has 1 heterocycles. The number of hydrogen-bond donors (Lipinski definition) is 0. The molecule has 0 N–H and O–H groups in total. The predicted octanol–water partition coefficient (Wildman–Crippen LogP) is 5.47. The summed E-state index contributed by atoms with van der Waals surface area (Å²) in [6, 6.07) is 8.32. The zero-order valence-corrected chi connectivity index (χ0v) is 12.3. The smallest absolute Gasteiger partial charge is 0.416 e. The molecular weight excluding hydrogens is 317 g/mol. The van der Waals surface area contributed by atoms with Crippen molar-refractivity contribution < 1.29 is 22.6 Å². The highest BCUT2D eigenvalue weighted by Crippen LogP contribution is 2.38. The second-order valence-electron chi connectivity index (χ2n) is 5.15. The van der Waals surface area contributed by atoms with E-state index in [2.05, 4.69) is 0 Å². The fraction of sp³-hybridized carbons (Fsp3) is 0.250. The van der Waals surface area contributed by atoms with Gasteiger partial charge in [-0.15, -0.1) is 0 Å². The van der Waals surface area contributed by atoms with E-state index in [4.69, 9.17) is 21.1 Å². The van der Waals surface area contributed by atoms with Crippen LogP contribution in [0.15, 0.2) is 36.4 Å². The molecule has 0 bridgehead atoms. The van der Waals surface area contributed by atoms with Crippen LogP contribution in [0.4, 0.5) is 13.2 Å². The lowest BCUT2D eigenvalue weighted by atomic mass is 10.1. The Bertz CT molecular complexity index is 713. The summed E-state index contributed by atoms with van der Waals surface area (Å²) >= 11 is 5.88. The third kappa shape index (κ3) is 2.99. The average Bonchev–Trinajstić information content (AvgIpc) is 2.79. The highest BCUT2D eigenvalue weighted by molar-refractivity contribution is 6.32. The first-order chi connectivity index (χ1) is 10.3. The van der Waals surface area contributed by atoms with Crippen LogP contribution in [0.1, 0.15) is 18.1 Å². The summed E-state index contributed by atoms with van der Waals surface area (Å²) in [6.07, 6.45) is -3.55. The van der Waals surface area contributed by atoms with Gasteiger partial charge in [0, 0.05) is 12.0 Å². The van der Waals surface area contributed by atoms with Crippen molar-refractivity contribution in [1.29, 1.82) is 0 Å². The zero-order valence-electron chi connectivity index (χ0n) is 11.6. The summed E-state index contributed by atoms with van der Waals surface area (Å²) in [7, 11) is 0. The average molecular weight is 329 g/mol. The number of rotatable bonds is 2. The first-order valence-electron chi connectivity index (χ1n) is 6.67. The van der Waals surface area contributed by atoms with Gasteiger partial charge in [-0.3, -0.25) is 0 Å². The summed E-state index contributed by atoms with van der Waals surface area (Å²) in [5, 5.41) is -0.0834. The van der Waals surface area contributed by atoms with Crippen molar-refractivity contribution in [2.45, 2.75) is 25.6 Å². The van der Waals surface area contributed by atoms with Gasteiger partial charge >= 0.3 is 6.18 Å². The number of alkyl halides is 3. The van der Waals surface area contributed by atoms with Crippen LogP contribution in [0.3, 0.4) is 0 Å². The fourth-order valence-corrected chi connectivity index (χ4v) is 2.57. The molecule has 1 atom stereocenters. The molecule has 3 rings (SSSR count). The van der Waals surface area contributed by atoms with Crippen molar-refractivity contribution in [3.63, 3.8) is 0 Å². The Balaban J connectivity index is 1.84. The van der Waals surface area contributed by atoms with E-state index in [-0.39, 0.29) is 16.9 Å². The molecule has 0 aromatic heterocycles. The molecule has 2 aromatic rings. The lowest BCUT2D eigenvalue weighted by Gasteiger charge is -2.11. The summed E-state index contributed by atoms with van der Waals surface area (Å²) in [6.45, 7) is 1.97. The standard InChI is InChI=1S/C16H12ClF3O2/c1-9-6-10-7-12(3-5-14(10)21-9)22-15-4-2-11(8-13(15)17)16(18,19)20/h2-5,7-9H,6H2,1H3. The molecule has 22 heavy (non-hydrogen) atoms. The zero-order chi connectivity index (χ0) is 15.9. The van der Waals surface area contributed by atoms with E-state index < -0.39 is 11.7 Å². The normalized spacial score (nSPS) is 17.0. The van der Waals surface area contributed by atoms with Gasteiger partial charge < -0.3 is 9.47 Å². The van der Waals surface area contributed by atoms with Crippen LogP contribution in [-0.2, 0) is 12.6 Å². The molecule has 0 saturated heterocycles. The van der Waals surface area contributed by atoms with Gasteiger partial charge in [0.05, 0.1) is 10.6 Å². The molecule has 2 nitrogen and oxygen atoms in total. The van der Waals surface area contributed by atoms with Crippen LogP contribution < -0.4 is 9.47 Å². The van der Waals surface area contributed by atoms with Crippen LogP contribution in [0.5, 0.6) is 17.2 Å². The van der Waals surface area contributed by atoms with Crippen LogP contribution >= 0.6 is 11.6 Å². The van der Waals surface area contributed by atoms with Crippen molar-refractivity contribution >= 4 is 11.6 Å². The van der Waals surface area contributed by atoms with E-state index in [0.717, 1.165) is 29.9 Å². The second kappa shape index (κ2) is 5.39. The lowest BCUT2D eigenvalue weighted by molar-refractivity contribution is -0.137. The van der Waals surface area contributed by atoms with E-state index in [0.29, 0.717) is 5.75 Å². The van der Waals surface area contributed by atoms with Crippen molar-refractivity contribution in [2.75, 3.05) is 0 Å². The fourth-order valence-electron chi connectivity index (χ4n) is 2.35. The van der Waals surface area contributed by atoms with Gasteiger partial charge in [-0.1, -0.05) is 11.6 Å². The topological polar surface area (TPSA) is 18.5 Å². The minimum Gasteiger partial charge on any atom is -0.490 e. The minimum absolute atomic E-state index is 0.0834. The molecule has 0 saturated carbocycles. The maximum atomic E-state index is 12.6. The van der Waals surface area contributed by atoms with Crippen LogP contribution in [-0.4, -0.2) is 6.10 Å². The van der Waals surface area contributed by atoms with Crippen LogP contribution in [0.25, 0.3) is 0 Å². The Morgan fingerprint density at radius 2 is 1.95 bits per heavy atom. The maximum Gasteiger partial charge on any atom is 0.416 e. The SMILES string of the molecule is CC1Cc2cc(Oc3ccc(C(F)(F)F)cc3Cl)ccc2O1. The lowest BCUT2D eigenvalue weighted by Crippen LogP contribution is -2.05. The Morgan fingerprint density at radius 1 is 1.18 bits per heavy atom. The molecule has 1 unspecified atom stereocenters. The van der Waals surface area contributed by atoms with Gasteiger partial charge in [-0.25, -0.2) is 0 Å². The molecule has 0 fully saturated rings. The summed E-state index contributed by atoms with van der Waals surface area (Å²) in [5.74, 6) is 1.50. The number of fused-ring (bicyclic) bond motifs is 1. The number of halogens is 4. The van der Waals surface area contributed by atoms with Gasteiger partial charge in [-0.2, -0.15) is 13.2 Å². The third-order valence-electron chi connectivity index (χ3n) is 3.35. The van der Waals surface area contributed by atoms with Gasteiger partial charge in [0.15, 0.2) is 0 Å². The molecule has 1 aliphatic rings. The highest BCUT2D eigenvalue weighted by Gasteiger charge is 2.31. The number of ether oxygens (including phenoxy) is 2. The van der Waals surface area contributed by atoms with Crippen molar-refractivity contribution in [3.8, 4) is 17.2 Å². The third-order valence-corrected chi connectivity index (χ3v) is 3.65. The molecule has 0 amide bonds. The largest absolute Gasteiger partial charge is 0.490 e. The summed E-state index contributed by atoms with van der Waals surface area (Å²) < 4.78 is 49.0. The molecular formula is C16H12ClF3O2. The Morgan fingerprint density at radius 3 is 2.64 bits per heavy atom. The van der Waals surface area contributed by atoms with Gasteiger partial charge in [0.2, 0.25) is 0 Å². The van der Waals surface area contributed by atoms with E-state index in [1.54, 1.807) is 12.1 Å².